The Labute approximate surface area is 188 Å². The van der Waals surface area contributed by atoms with Crippen LogP contribution in [0.25, 0.3) is 0 Å². The average molecular weight is 453 g/mol. The van der Waals surface area contributed by atoms with Crippen LogP contribution in [-0.4, -0.2) is 19.6 Å². The fourth-order valence-electron chi connectivity index (χ4n) is 5.95. The smallest absolute Gasteiger partial charge is 0.397 e. The molecule has 0 saturated heterocycles. The van der Waals surface area contributed by atoms with Gasteiger partial charge in [-0.25, -0.2) is 4.18 Å². The maximum atomic E-state index is 11.2. The molecule has 0 spiro atoms. The lowest BCUT2D eigenvalue weighted by Crippen LogP contribution is -2.43. The first-order valence-electron chi connectivity index (χ1n) is 11.8. The Hall–Kier alpha value is -1.11. The molecule has 1 fully saturated rings. The fraction of sp³-hybridized carbons (Fsp3) is 0.760. The fourth-order valence-corrected chi connectivity index (χ4v) is 6.32. The zero-order valence-corrected chi connectivity index (χ0v) is 20.4. The number of rotatable bonds is 10. The van der Waals surface area contributed by atoms with Gasteiger partial charge in [0.15, 0.2) is 0 Å². The summed E-state index contributed by atoms with van der Waals surface area (Å²) in [6.07, 6.45) is 15.5. The maximum absolute atomic E-state index is 11.2. The van der Waals surface area contributed by atoms with Gasteiger partial charge in [0.05, 0.1) is 19.1 Å². The summed E-state index contributed by atoms with van der Waals surface area (Å²) in [5, 5.41) is 0. The van der Waals surface area contributed by atoms with Crippen molar-refractivity contribution in [3.63, 3.8) is 0 Å². The van der Waals surface area contributed by atoms with E-state index in [1.54, 1.807) is 18.1 Å². The SMILES string of the molecule is C[C@H]1CC[C@H]2C(=CCCC2(C)C)[C@@]1(C)CCC(CCCc1ccoc1)COS(=O)(=O)O. The highest BCUT2D eigenvalue weighted by Gasteiger charge is 2.47. The maximum Gasteiger partial charge on any atom is 0.397 e. The Morgan fingerprint density at radius 1 is 1.26 bits per heavy atom. The number of aryl methyl sites for hydroxylation is 1. The predicted molar refractivity (Wildman–Crippen MR) is 123 cm³/mol. The summed E-state index contributed by atoms with van der Waals surface area (Å²) in [6, 6.07) is 1.96. The lowest BCUT2D eigenvalue weighted by Gasteiger charge is -2.53. The van der Waals surface area contributed by atoms with Gasteiger partial charge in [0.25, 0.3) is 0 Å². The summed E-state index contributed by atoms with van der Waals surface area (Å²) in [7, 11) is -4.42. The number of hydrogen-bond acceptors (Lipinski definition) is 4. The van der Waals surface area contributed by atoms with Gasteiger partial charge < -0.3 is 4.42 Å². The first kappa shape index (κ1) is 24.5. The minimum absolute atomic E-state index is 0.0443. The zero-order chi connectivity index (χ0) is 22.7. The Bertz CT molecular complexity index is 839. The van der Waals surface area contributed by atoms with Gasteiger partial charge >= 0.3 is 10.4 Å². The topological polar surface area (TPSA) is 76.7 Å². The molecule has 31 heavy (non-hydrogen) atoms. The first-order valence-corrected chi connectivity index (χ1v) is 13.2. The van der Waals surface area contributed by atoms with Crippen molar-refractivity contribution in [3.8, 4) is 0 Å². The molecule has 1 heterocycles. The van der Waals surface area contributed by atoms with Crippen LogP contribution < -0.4 is 0 Å². The second-order valence-electron chi connectivity index (χ2n) is 10.8. The van der Waals surface area contributed by atoms with Gasteiger partial charge in [-0.15, -0.1) is 0 Å². The van der Waals surface area contributed by atoms with Crippen LogP contribution in [0, 0.1) is 28.6 Å². The second-order valence-corrected chi connectivity index (χ2v) is 11.9. The number of fused-ring (bicyclic) bond motifs is 1. The van der Waals surface area contributed by atoms with Crippen LogP contribution in [0.4, 0.5) is 0 Å². The molecule has 176 valence electrons. The number of furan rings is 1. The van der Waals surface area contributed by atoms with E-state index in [9.17, 15) is 8.42 Å². The van der Waals surface area contributed by atoms with Crippen LogP contribution in [0.1, 0.15) is 84.6 Å². The van der Waals surface area contributed by atoms with E-state index in [0.717, 1.165) is 44.1 Å². The van der Waals surface area contributed by atoms with Crippen LogP contribution in [0.5, 0.6) is 0 Å². The van der Waals surface area contributed by atoms with E-state index >= 15 is 0 Å². The van der Waals surface area contributed by atoms with Gasteiger partial charge in [-0.1, -0.05) is 39.3 Å². The third kappa shape index (κ3) is 6.23. The van der Waals surface area contributed by atoms with Crippen molar-refractivity contribution in [1.29, 1.82) is 0 Å². The predicted octanol–water partition coefficient (Wildman–Crippen LogP) is 6.62. The highest BCUT2D eigenvalue weighted by atomic mass is 32.3. The van der Waals surface area contributed by atoms with E-state index in [4.69, 9.17) is 13.2 Å². The molecule has 1 N–H and O–H groups in total. The average Bonchev–Trinajstić information content (AvgIpc) is 3.19. The standard InChI is InChI=1S/C25H40O5S/c1-19-10-11-22-23(9-6-14-24(22,2)3)25(19,4)15-12-20(18-30-31(26,27)28)7-5-8-21-13-16-29-17-21/h9,13,16-17,19-20,22H,5-8,10-12,14-15,18H2,1-4H3,(H,26,27,28)/t19-,20?,22-,25-/m0/s1. The molecule has 0 aromatic carbocycles. The van der Waals surface area contributed by atoms with E-state index in [0.29, 0.717) is 17.3 Å². The summed E-state index contributed by atoms with van der Waals surface area (Å²) in [5.41, 5.74) is 3.28. The van der Waals surface area contributed by atoms with Crippen LogP contribution >= 0.6 is 0 Å². The van der Waals surface area contributed by atoms with Crippen molar-refractivity contribution in [2.24, 2.45) is 28.6 Å². The molecule has 6 heteroatoms. The summed E-state index contributed by atoms with van der Waals surface area (Å²) in [4.78, 5) is 0. The van der Waals surface area contributed by atoms with E-state index in [1.165, 1.54) is 19.3 Å². The Morgan fingerprint density at radius 2 is 2.03 bits per heavy atom. The van der Waals surface area contributed by atoms with E-state index < -0.39 is 10.4 Å². The normalized spacial score (nSPS) is 29.3. The lowest BCUT2D eigenvalue weighted by atomic mass is 9.52. The Morgan fingerprint density at radius 3 is 2.71 bits per heavy atom. The van der Waals surface area contributed by atoms with Gasteiger partial charge in [0, 0.05) is 0 Å². The first-order chi connectivity index (χ1) is 14.5. The van der Waals surface area contributed by atoms with Crippen LogP contribution in [0.3, 0.4) is 0 Å². The quantitative estimate of drug-likeness (QED) is 0.319. The van der Waals surface area contributed by atoms with Crippen molar-refractivity contribution in [1.82, 2.24) is 0 Å². The van der Waals surface area contributed by atoms with Gasteiger partial charge in [-0.2, -0.15) is 8.42 Å². The molecule has 5 nitrogen and oxygen atoms in total. The van der Waals surface area contributed by atoms with Crippen LogP contribution in [0.2, 0.25) is 0 Å². The molecular formula is C25H40O5S. The van der Waals surface area contributed by atoms with E-state index in [2.05, 4.69) is 33.8 Å². The van der Waals surface area contributed by atoms with Gasteiger partial charge in [0.1, 0.15) is 0 Å². The summed E-state index contributed by atoms with van der Waals surface area (Å²) in [5.74, 6) is 1.35. The van der Waals surface area contributed by atoms with Crippen molar-refractivity contribution in [2.75, 3.05) is 6.61 Å². The number of allylic oxidation sites excluding steroid dienone is 2. The molecule has 4 atom stereocenters. The highest BCUT2D eigenvalue weighted by Crippen LogP contribution is 2.58. The third-order valence-electron chi connectivity index (χ3n) is 8.29. The molecule has 0 radical (unpaired) electrons. The molecule has 0 aliphatic heterocycles. The van der Waals surface area contributed by atoms with Gasteiger partial charge in [0.2, 0.25) is 0 Å². The zero-order valence-electron chi connectivity index (χ0n) is 19.6. The van der Waals surface area contributed by atoms with Crippen molar-refractivity contribution < 1.29 is 21.6 Å². The van der Waals surface area contributed by atoms with Gasteiger partial charge in [-0.3, -0.25) is 4.55 Å². The molecule has 1 unspecified atom stereocenters. The molecular weight excluding hydrogens is 412 g/mol. The van der Waals surface area contributed by atoms with Crippen molar-refractivity contribution in [3.05, 3.63) is 35.8 Å². The second kappa shape index (κ2) is 9.80. The molecule has 1 aromatic rings. The molecule has 2 aliphatic carbocycles. The van der Waals surface area contributed by atoms with Crippen molar-refractivity contribution in [2.45, 2.75) is 85.5 Å². The van der Waals surface area contributed by atoms with E-state index in [-0.39, 0.29) is 17.9 Å². The van der Waals surface area contributed by atoms with Gasteiger partial charge in [-0.05, 0) is 98.0 Å². The third-order valence-corrected chi connectivity index (χ3v) is 8.72. The highest BCUT2D eigenvalue weighted by molar-refractivity contribution is 7.80. The lowest BCUT2D eigenvalue weighted by molar-refractivity contribution is 0.0728. The van der Waals surface area contributed by atoms with Crippen LogP contribution in [-0.2, 0) is 21.0 Å². The van der Waals surface area contributed by atoms with Crippen molar-refractivity contribution >= 4 is 10.4 Å². The molecule has 2 aliphatic rings. The largest absolute Gasteiger partial charge is 0.472 e. The molecule has 3 rings (SSSR count). The number of hydrogen-bond donors (Lipinski definition) is 1. The summed E-state index contributed by atoms with van der Waals surface area (Å²) in [6.45, 7) is 9.67. The Balaban J connectivity index is 1.67. The minimum Gasteiger partial charge on any atom is -0.472 e. The minimum atomic E-state index is -4.42. The molecule has 1 aromatic heterocycles. The molecule has 0 bridgehead atoms. The van der Waals surface area contributed by atoms with E-state index in [1.807, 2.05) is 6.07 Å². The Kier molecular flexibility index (Phi) is 7.75. The molecule has 1 saturated carbocycles. The summed E-state index contributed by atoms with van der Waals surface area (Å²) < 4.78 is 41.4. The summed E-state index contributed by atoms with van der Waals surface area (Å²) >= 11 is 0. The molecule has 0 amide bonds. The monoisotopic (exact) mass is 452 g/mol. The van der Waals surface area contributed by atoms with Crippen LogP contribution in [0.15, 0.2) is 34.7 Å².